The Hall–Kier alpha value is -2.98. The molecule has 1 aliphatic rings. The van der Waals surface area contributed by atoms with Gasteiger partial charge in [0.2, 0.25) is 0 Å². The van der Waals surface area contributed by atoms with Gasteiger partial charge in [-0.1, -0.05) is 47.6 Å². The molecule has 10 nitrogen and oxygen atoms in total. The molecule has 1 unspecified atom stereocenters. The average Bonchev–Trinajstić information content (AvgIpc) is 3.10. The second-order valence-electron chi connectivity index (χ2n) is 10.9. The van der Waals surface area contributed by atoms with Crippen molar-refractivity contribution < 1.29 is 28.9 Å². The van der Waals surface area contributed by atoms with Gasteiger partial charge in [0.1, 0.15) is 0 Å². The summed E-state index contributed by atoms with van der Waals surface area (Å²) >= 11 is 0. The first-order valence-corrected chi connectivity index (χ1v) is 13.0. The number of carbonyl (C=O) groups excluding carboxylic acids is 4. The topological polar surface area (TPSA) is 126 Å². The van der Waals surface area contributed by atoms with E-state index in [-0.39, 0.29) is 40.8 Å². The number of rotatable bonds is 13. The van der Waals surface area contributed by atoms with Gasteiger partial charge in [-0.2, -0.15) is 0 Å². The number of likely N-dealkylation sites (tertiary alicyclic amines) is 1. The van der Waals surface area contributed by atoms with Gasteiger partial charge in [0.15, 0.2) is 12.2 Å². The monoisotopic (exact) mass is 518 g/mol. The van der Waals surface area contributed by atoms with Crippen LogP contribution in [0.4, 0.5) is 0 Å². The first-order chi connectivity index (χ1) is 17.4. The normalized spacial score (nSPS) is 18.4. The van der Waals surface area contributed by atoms with E-state index in [0.717, 1.165) is 0 Å². The minimum absolute atomic E-state index is 0.0239. The van der Waals surface area contributed by atoms with Crippen molar-refractivity contribution in [3.63, 3.8) is 0 Å². The van der Waals surface area contributed by atoms with Crippen molar-refractivity contribution in [1.29, 1.82) is 0 Å². The molecule has 4 amide bonds. The standard InChI is InChI=1S/C27H42N4O6/c1-16(2)11-22(26(34)28-14-17(3)4)36-29-24(32)20-9-8-10-21(13-20)25(33)30-37-23-12-19(7)31(27(23)35)15-18(5)6/h8-10,13,16-19,22-23H,11-12,14-15H2,1-7H3,(H,28,34)(H,29,32)(H,30,33)/t19?,22-,23-/m1/s1. The number of carbonyl (C=O) groups is 4. The molecule has 1 saturated heterocycles. The Balaban J connectivity index is 1.95. The quantitative estimate of drug-likeness (QED) is 0.345. The molecular formula is C27H42N4O6. The molecule has 0 aromatic heterocycles. The third kappa shape index (κ3) is 9.44. The highest BCUT2D eigenvalue weighted by atomic mass is 16.7. The van der Waals surface area contributed by atoms with Crippen LogP contribution in [0.5, 0.6) is 0 Å². The van der Waals surface area contributed by atoms with Gasteiger partial charge in [0, 0.05) is 36.7 Å². The van der Waals surface area contributed by atoms with Crippen molar-refractivity contribution >= 4 is 23.6 Å². The van der Waals surface area contributed by atoms with Crippen LogP contribution in [-0.2, 0) is 19.3 Å². The van der Waals surface area contributed by atoms with Crippen LogP contribution in [0, 0.1) is 17.8 Å². The second-order valence-corrected chi connectivity index (χ2v) is 10.9. The smallest absolute Gasteiger partial charge is 0.274 e. The minimum atomic E-state index is -0.843. The van der Waals surface area contributed by atoms with E-state index in [2.05, 4.69) is 16.3 Å². The van der Waals surface area contributed by atoms with E-state index < -0.39 is 24.0 Å². The lowest BCUT2D eigenvalue weighted by atomic mass is 10.1. The number of hydroxylamine groups is 2. The molecular weight excluding hydrogens is 476 g/mol. The summed E-state index contributed by atoms with van der Waals surface area (Å²) in [5, 5.41) is 2.82. The Morgan fingerprint density at radius 2 is 1.59 bits per heavy atom. The van der Waals surface area contributed by atoms with E-state index in [9.17, 15) is 19.2 Å². The highest BCUT2D eigenvalue weighted by Gasteiger charge is 2.38. The molecule has 3 N–H and O–H groups in total. The minimum Gasteiger partial charge on any atom is -0.354 e. The van der Waals surface area contributed by atoms with Crippen LogP contribution in [0.3, 0.4) is 0 Å². The lowest BCUT2D eigenvalue weighted by Crippen LogP contribution is -2.42. The summed E-state index contributed by atoms with van der Waals surface area (Å²) in [5.41, 5.74) is 5.03. The van der Waals surface area contributed by atoms with Crippen molar-refractivity contribution in [3.8, 4) is 0 Å². The fourth-order valence-corrected chi connectivity index (χ4v) is 3.93. The number of nitrogens with one attached hydrogen (secondary N) is 3. The fraction of sp³-hybridized carbons (Fsp3) is 0.630. The van der Waals surface area contributed by atoms with Gasteiger partial charge in [0.05, 0.1) is 0 Å². The van der Waals surface area contributed by atoms with Gasteiger partial charge in [-0.05, 0) is 49.3 Å². The largest absolute Gasteiger partial charge is 0.354 e. The summed E-state index contributed by atoms with van der Waals surface area (Å²) in [5.74, 6) is -0.839. The Morgan fingerprint density at radius 1 is 0.973 bits per heavy atom. The number of hydrogen-bond acceptors (Lipinski definition) is 6. The van der Waals surface area contributed by atoms with Crippen LogP contribution >= 0.6 is 0 Å². The molecule has 0 radical (unpaired) electrons. The third-order valence-electron chi connectivity index (χ3n) is 5.84. The Morgan fingerprint density at radius 3 is 2.16 bits per heavy atom. The summed E-state index contributed by atoms with van der Waals surface area (Å²) in [6.07, 6.45) is -0.688. The van der Waals surface area contributed by atoms with Gasteiger partial charge < -0.3 is 10.2 Å². The van der Waals surface area contributed by atoms with Gasteiger partial charge in [0.25, 0.3) is 23.6 Å². The molecule has 0 aliphatic carbocycles. The maximum absolute atomic E-state index is 12.7. The molecule has 37 heavy (non-hydrogen) atoms. The molecule has 3 atom stereocenters. The molecule has 1 aromatic carbocycles. The predicted molar refractivity (Wildman–Crippen MR) is 139 cm³/mol. The van der Waals surface area contributed by atoms with Crippen LogP contribution in [0.1, 0.15) is 82.0 Å². The Labute approximate surface area is 219 Å². The number of nitrogens with zero attached hydrogens (tertiary/aromatic N) is 1. The van der Waals surface area contributed by atoms with Crippen LogP contribution in [0.2, 0.25) is 0 Å². The lowest BCUT2D eigenvalue weighted by Gasteiger charge is -2.23. The molecule has 1 heterocycles. The van der Waals surface area contributed by atoms with Crippen LogP contribution in [-0.4, -0.2) is 59.9 Å². The van der Waals surface area contributed by atoms with E-state index in [1.54, 1.807) is 11.0 Å². The first kappa shape index (κ1) is 30.2. The predicted octanol–water partition coefficient (Wildman–Crippen LogP) is 2.84. The summed E-state index contributed by atoms with van der Waals surface area (Å²) < 4.78 is 0. The fourth-order valence-electron chi connectivity index (χ4n) is 3.93. The van der Waals surface area contributed by atoms with E-state index in [4.69, 9.17) is 9.68 Å². The number of hydrogen-bond donors (Lipinski definition) is 3. The maximum atomic E-state index is 12.7. The molecule has 2 rings (SSSR count). The Bertz CT molecular complexity index is 949. The van der Waals surface area contributed by atoms with Crippen molar-refractivity contribution in [2.75, 3.05) is 13.1 Å². The van der Waals surface area contributed by atoms with Crippen molar-refractivity contribution in [2.24, 2.45) is 17.8 Å². The molecule has 0 bridgehead atoms. The van der Waals surface area contributed by atoms with E-state index in [1.807, 2.05) is 48.5 Å². The zero-order valence-electron chi connectivity index (χ0n) is 23.0. The third-order valence-corrected chi connectivity index (χ3v) is 5.84. The summed E-state index contributed by atoms with van der Waals surface area (Å²) in [7, 11) is 0. The second kappa shape index (κ2) is 14.1. The number of amides is 4. The van der Waals surface area contributed by atoms with Crippen LogP contribution in [0.25, 0.3) is 0 Å². The van der Waals surface area contributed by atoms with E-state index in [1.165, 1.54) is 18.2 Å². The SMILES string of the molecule is CC(C)CNC(=O)[C@@H](CC(C)C)ONC(=O)c1cccc(C(=O)NO[C@@H]2CC(C)N(CC(C)C)C2=O)c1. The zero-order chi connectivity index (χ0) is 27.7. The van der Waals surface area contributed by atoms with Gasteiger partial charge in [-0.3, -0.25) is 28.9 Å². The molecule has 1 aliphatic heterocycles. The average molecular weight is 519 g/mol. The van der Waals surface area contributed by atoms with Crippen molar-refractivity contribution in [2.45, 2.75) is 79.6 Å². The van der Waals surface area contributed by atoms with Crippen molar-refractivity contribution in [1.82, 2.24) is 21.2 Å². The summed E-state index contributed by atoms with van der Waals surface area (Å²) in [6.45, 7) is 15.1. The summed E-state index contributed by atoms with van der Waals surface area (Å²) in [4.78, 5) is 63.1. The zero-order valence-corrected chi connectivity index (χ0v) is 23.0. The van der Waals surface area contributed by atoms with E-state index >= 15 is 0 Å². The molecule has 1 aromatic rings. The summed E-state index contributed by atoms with van der Waals surface area (Å²) in [6, 6.07) is 6.02. The van der Waals surface area contributed by atoms with Gasteiger partial charge in [-0.15, -0.1) is 0 Å². The molecule has 1 fully saturated rings. The van der Waals surface area contributed by atoms with E-state index in [0.29, 0.717) is 31.8 Å². The highest BCUT2D eigenvalue weighted by molar-refractivity contribution is 5.99. The maximum Gasteiger partial charge on any atom is 0.274 e. The van der Waals surface area contributed by atoms with Gasteiger partial charge in [-0.25, -0.2) is 11.0 Å². The molecule has 0 saturated carbocycles. The molecule has 10 heteroatoms. The van der Waals surface area contributed by atoms with Crippen molar-refractivity contribution in [3.05, 3.63) is 35.4 Å². The Kier molecular flexibility index (Phi) is 11.5. The number of benzene rings is 1. The lowest BCUT2D eigenvalue weighted by molar-refractivity contribution is -0.141. The van der Waals surface area contributed by atoms with Crippen LogP contribution < -0.4 is 16.3 Å². The highest BCUT2D eigenvalue weighted by Crippen LogP contribution is 2.22. The molecule has 206 valence electrons. The first-order valence-electron chi connectivity index (χ1n) is 13.0. The van der Waals surface area contributed by atoms with Gasteiger partial charge >= 0.3 is 0 Å². The van der Waals surface area contributed by atoms with Crippen LogP contribution in [0.15, 0.2) is 24.3 Å². The molecule has 0 spiro atoms.